The van der Waals surface area contributed by atoms with Crippen LogP contribution in [0.5, 0.6) is 0 Å². The summed E-state index contributed by atoms with van der Waals surface area (Å²) in [6, 6.07) is 14.8. The highest BCUT2D eigenvalue weighted by molar-refractivity contribution is 7.80. The first-order valence-electron chi connectivity index (χ1n) is 36.6. The van der Waals surface area contributed by atoms with E-state index in [1.54, 1.807) is 48.5 Å². The molecule has 4 aromatic rings. The Morgan fingerprint density at radius 1 is 0.470 bits per heavy atom. The number of aliphatic hydroxyl groups excluding tert-OH is 1. The Balaban J connectivity index is 1.28. The summed E-state index contributed by atoms with van der Waals surface area (Å²) in [5, 5.41) is 122. The number of carbonyl (C=O) groups is 14. The Hall–Kier alpha value is -12.1. The van der Waals surface area contributed by atoms with E-state index in [0.29, 0.717) is 34.6 Å². The number of hydrogen-bond donors (Lipinski definition) is 20. The van der Waals surface area contributed by atoms with Crippen molar-refractivity contribution in [1.82, 2.24) is 76.6 Å². The number of aromatic nitrogens is 2. The van der Waals surface area contributed by atoms with Gasteiger partial charge in [0.1, 0.15) is 18.1 Å². The van der Waals surface area contributed by atoms with E-state index in [0.717, 1.165) is 31.4 Å². The van der Waals surface area contributed by atoms with E-state index in [4.69, 9.17) is 24.4 Å². The number of likely N-dealkylation sites (N-methyl/N-ethyl adjacent to an activating group) is 1. The highest BCUT2D eigenvalue weighted by atomic mass is 32.1. The largest absolute Gasteiger partial charge is 0.512 e. The molecule has 0 spiro atoms. The average molecular weight is 1670 g/mol. The van der Waals surface area contributed by atoms with Crippen LogP contribution in [0.1, 0.15) is 53.6 Å². The molecule has 0 radical (unpaired) electrons. The highest BCUT2D eigenvalue weighted by Crippen LogP contribution is 2.31. The number of imidazole rings is 1. The van der Waals surface area contributed by atoms with Gasteiger partial charge >= 0.3 is 53.7 Å². The van der Waals surface area contributed by atoms with Crippen LogP contribution < -0.4 is 47.9 Å². The maximum Gasteiger partial charge on any atom is 0.317 e. The molecule has 1 aromatic heterocycles. The highest BCUT2D eigenvalue weighted by Gasteiger charge is 2.34. The number of hydrogen-bond acceptors (Lipinski definition) is 24. The molecule has 5 rings (SSSR count). The zero-order valence-corrected chi connectivity index (χ0v) is 65.6. The van der Waals surface area contributed by atoms with Crippen molar-refractivity contribution in [3.05, 3.63) is 132 Å². The summed E-state index contributed by atoms with van der Waals surface area (Å²) in [6.07, 6.45) is 5.73. The van der Waals surface area contributed by atoms with Gasteiger partial charge in [-0.05, 0) is 115 Å². The van der Waals surface area contributed by atoms with Gasteiger partial charge in [0.2, 0.25) is 29.5 Å². The van der Waals surface area contributed by atoms with E-state index in [2.05, 4.69) is 64.4 Å². The van der Waals surface area contributed by atoms with E-state index in [1.165, 1.54) is 34.3 Å². The van der Waals surface area contributed by atoms with Crippen molar-refractivity contribution in [2.75, 3.05) is 142 Å². The van der Waals surface area contributed by atoms with Gasteiger partial charge in [-0.25, -0.2) is 4.98 Å². The molecule has 636 valence electrons. The molecule has 1 heterocycles. The topological polar surface area (TPSA) is 598 Å². The standard InChI is InChI=1S/C74H99N17O24S2/c1-45(92)32-90(41-67(107)108)53(33-86(35-61(95)96)21-23-88(37-63(99)100)38-64(101)102)25-46-10-16-50(17-11-46)81-73(116)78-30-59(93)77-20-6-5-9-56(71(114)84-57(27-49-15-14-48-7-3-4-8-55(48)49)72(115)85-58(70(113)75-2)28-52-29-76-44-80-52)83-60(94)31-79-74(117)82-51-18-12-47(13-19-51)26-54(91(42-68(109)110)43-69(111)112)34-87(36-62(97)98)22-24-89(39-65(103)104)40-66(105)106/h3-4,7-8,10-13,15-19,29,44,53-54,56-58,92H,1,5-6,9,14,20-28,30-43H2,2H3,(H,75,113)(H,76,80)(H,77,93)(H,83,94)(H,84,114)(H,85,115)(H,95,96)(H,97,98)(H,99,100)(H,101,102)(H,103,104)(H,105,106)(H,107,108)(H,109,110)(H,111,112)(H2,78,81,116)(H2,79,82,117)/t53?,54?,56-,57-,58+/m1/s1. The van der Waals surface area contributed by atoms with Gasteiger partial charge in [0, 0.05) is 101 Å². The number of aliphatic carboxylic acids is 9. The van der Waals surface area contributed by atoms with Crippen LogP contribution in [0.4, 0.5) is 11.4 Å². The molecule has 117 heavy (non-hydrogen) atoms. The van der Waals surface area contributed by atoms with Crippen LogP contribution in [0.25, 0.3) is 5.57 Å². The van der Waals surface area contributed by atoms with Crippen molar-refractivity contribution < 1.29 is 118 Å². The van der Waals surface area contributed by atoms with E-state index in [1.807, 2.05) is 30.3 Å². The third-order valence-electron chi connectivity index (χ3n) is 17.9. The van der Waals surface area contributed by atoms with Crippen LogP contribution in [-0.4, -0.2) is 346 Å². The summed E-state index contributed by atoms with van der Waals surface area (Å²) in [4.78, 5) is 190. The molecule has 1 aliphatic rings. The van der Waals surface area contributed by atoms with Gasteiger partial charge in [-0.1, -0.05) is 61.2 Å². The first-order chi connectivity index (χ1) is 55.5. The Morgan fingerprint density at radius 2 is 0.889 bits per heavy atom. The number of amides is 5. The molecule has 41 nitrogen and oxygen atoms in total. The minimum Gasteiger partial charge on any atom is -0.512 e. The number of fused-ring (bicyclic) bond motifs is 1. The molecule has 0 saturated heterocycles. The minimum absolute atomic E-state index is 0.0000581. The third kappa shape index (κ3) is 37.8. The summed E-state index contributed by atoms with van der Waals surface area (Å²) < 4.78 is 0. The van der Waals surface area contributed by atoms with Crippen molar-refractivity contribution in [2.45, 2.75) is 81.6 Å². The lowest BCUT2D eigenvalue weighted by Gasteiger charge is -2.35. The lowest BCUT2D eigenvalue weighted by molar-refractivity contribution is -0.145. The normalized spacial score (nSPS) is 12.9. The van der Waals surface area contributed by atoms with Gasteiger partial charge in [-0.3, -0.25) is 96.5 Å². The maximum atomic E-state index is 14.7. The molecule has 5 atom stereocenters. The quantitative estimate of drug-likeness (QED) is 0.0128. The lowest BCUT2D eigenvalue weighted by Crippen LogP contribution is -2.57. The van der Waals surface area contributed by atoms with Crippen molar-refractivity contribution in [3.8, 4) is 0 Å². The molecule has 2 unspecified atom stereocenters. The molecule has 1 aliphatic carbocycles. The van der Waals surface area contributed by atoms with E-state index in [9.17, 15) is 118 Å². The van der Waals surface area contributed by atoms with Gasteiger partial charge in [-0.2, -0.15) is 0 Å². The predicted octanol–water partition coefficient (Wildman–Crippen LogP) is -2.09. The van der Waals surface area contributed by atoms with Crippen molar-refractivity contribution in [1.29, 1.82) is 0 Å². The molecule has 20 N–H and O–H groups in total. The number of aliphatic hydroxyl groups is 1. The molecule has 0 aliphatic heterocycles. The Bertz CT molecular complexity index is 4090. The maximum absolute atomic E-state index is 14.7. The molecular formula is C74H99N17O24S2. The fourth-order valence-corrected chi connectivity index (χ4v) is 13.1. The molecule has 0 saturated carbocycles. The summed E-state index contributed by atoms with van der Waals surface area (Å²) in [5.41, 5.74) is 4.98. The molecule has 0 fully saturated rings. The molecular weight excluding hydrogens is 1580 g/mol. The number of unbranched alkanes of at least 4 members (excludes halogenated alkanes) is 1. The number of allylic oxidation sites excluding steroid dienone is 1. The van der Waals surface area contributed by atoms with Crippen LogP contribution >= 0.6 is 24.4 Å². The second-order valence-electron chi connectivity index (χ2n) is 27.3. The number of nitrogens with zero attached hydrogens (tertiary/aromatic N) is 7. The molecule has 5 amide bonds. The van der Waals surface area contributed by atoms with E-state index in [-0.39, 0.29) is 120 Å². The first-order valence-corrected chi connectivity index (χ1v) is 37.4. The zero-order chi connectivity index (χ0) is 86.3. The fourth-order valence-electron chi connectivity index (χ4n) is 12.7. The first kappa shape index (κ1) is 95.5. The van der Waals surface area contributed by atoms with Gasteiger partial charge in [-0.15, -0.1) is 0 Å². The number of rotatable bonds is 57. The summed E-state index contributed by atoms with van der Waals surface area (Å²) >= 11 is 11.0. The Kier molecular flexibility index (Phi) is 40.5. The molecule has 0 bridgehead atoms. The number of thiocarbonyl (C=S) groups is 2. The van der Waals surface area contributed by atoms with E-state index < -0.39 is 179 Å². The zero-order valence-electron chi connectivity index (χ0n) is 64.0. The van der Waals surface area contributed by atoms with Crippen LogP contribution in [0.3, 0.4) is 0 Å². The number of carboxylic acid groups (broad SMARTS) is 9. The number of carbonyl (C=O) groups excluding carboxylic acids is 5. The Labute approximate surface area is 681 Å². The fraction of sp³-hybridized carbons (Fsp3) is 0.446. The predicted molar refractivity (Wildman–Crippen MR) is 427 cm³/mol. The SMILES string of the molecule is C=C(O)CN(CC(=O)O)C(Cc1ccc(NC(=S)NCC(=O)NCCCC[C@@H](NC(=O)CNC(=S)Nc2ccc(CC(CN(CCN(CC(=O)O)CC(=O)O)CC(=O)O)N(CC(=O)O)CC(=O)O)cc2)C(=O)N[C@H](CC2=CCc3ccccc32)C(=O)N[C@@H](Cc2cnc[nH]2)C(=O)NC)cc1)CN(CCN(CC(=O)O)CC(=O)O)CC(=O)O. The van der Waals surface area contributed by atoms with E-state index >= 15 is 0 Å². The van der Waals surface area contributed by atoms with Crippen molar-refractivity contribution in [2.24, 2.45) is 0 Å². The lowest BCUT2D eigenvalue weighted by atomic mass is 9.98. The van der Waals surface area contributed by atoms with Gasteiger partial charge in [0.25, 0.3) is 0 Å². The Morgan fingerprint density at radius 3 is 1.32 bits per heavy atom. The van der Waals surface area contributed by atoms with Crippen molar-refractivity contribution in [3.63, 3.8) is 0 Å². The van der Waals surface area contributed by atoms with Crippen LogP contribution in [-0.2, 0) is 92.8 Å². The third-order valence-corrected chi connectivity index (χ3v) is 18.4. The average Bonchev–Trinajstić information content (AvgIpc) is 1.68. The van der Waals surface area contributed by atoms with Crippen LogP contribution in [0.15, 0.2) is 104 Å². The smallest absolute Gasteiger partial charge is 0.317 e. The number of carboxylic acids is 9. The number of H-pyrrole nitrogens is 1. The van der Waals surface area contributed by atoms with Crippen molar-refractivity contribution >= 4 is 135 Å². The minimum atomic E-state index is -1.40. The number of aromatic amines is 1. The second kappa shape index (κ2) is 49.6. The monoisotopic (exact) mass is 1670 g/mol. The second-order valence-corrected chi connectivity index (χ2v) is 28.1. The summed E-state index contributed by atoms with van der Waals surface area (Å²) in [5.74, 6) is -15.7. The molecule has 3 aromatic carbocycles. The number of nitrogens with one attached hydrogen (secondary N) is 10. The summed E-state index contributed by atoms with van der Waals surface area (Å²) in [6.45, 7) is -4.88. The van der Waals surface area contributed by atoms with Gasteiger partial charge in [0.05, 0.1) is 90.6 Å². The number of benzene rings is 3. The number of anilines is 2. The van der Waals surface area contributed by atoms with Gasteiger partial charge < -0.3 is 104 Å². The van der Waals surface area contributed by atoms with Gasteiger partial charge in [0.15, 0.2) is 10.2 Å². The molecule has 43 heteroatoms. The van der Waals surface area contributed by atoms with Crippen LogP contribution in [0.2, 0.25) is 0 Å². The summed E-state index contributed by atoms with van der Waals surface area (Å²) in [7, 11) is 1.40. The van der Waals surface area contributed by atoms with Crippen LogP contribution in [0, 0.1) is 0 Å².